The zero-order chi connectivity index (χ0) is 15.6. The fourth-order valence-corrected chi connectivity index (χ4v) is 3.44. The Morgan fingerprint density at radius 3 is 2.67 bits per heavy atom. The Morgan fingerprint density at radius 2 is 2.05 bits per heavy atom. The molecule has 0 aliphatic heterocycles. The van der Waals surface area contributed by atoms with Gasteiger partial charge in [-0.25, -0.2) is 13.4 Å². The lowest BCUT2D eigenvalue weighted by Crippen LogP contribution is -2.15. The first-order valence-electron chi connectivity index (χ1n) is 5.92. The van der Waals surface area contributed by atoms with Crippen LogP contribution in [0.25, 0.3) is 0 Å². The van der Waals surface area contributed by atoms with Crippen molar-refractivity contribution in [3.63, 3.8) is 0 Å². The van der Waals surface area contributed by atoms with Gasteiger partial charge in [-0.15, -0.1) is 0 Å². The number of hydrogen-bond acceptors (Lipinski definition) is 5. The number of nitrogen functional groups attached to an aromatic ring is 1. The van der Waals surface area contributed by atoms with Crippen LogP contribution in [-0.4, -0.2) is 20.5 Å². The first-order valence-corrected chi connectivity index (χ1v) is 8.19. The summed E-state index contributed by atoms with van der Waals surface area (Å²) < 4.78 is 32.9. The van der Waals surface area contributed by atoms with Gasteiger partial charge in [0, 0.05) is 16.4 Å². The minimum absolute atomic E-state index is 0.0593. The summed E-state index contributed by atoms with van der Waals surface area (Å²) in [4.78, 5) is 3.74. The average molecular weight is 372 g/mol. The molecule has 0 unspecified atom stereocenters. The van der Waals surface area contributed by atoms with Crippen molar-refractivity contribution >= 4 is 37.5 Å². The highest BCUT2D eigenvalue weighted by atomic mass is 79.9. The van der Waals surface area contributed by atoms with Gasteiger partial charge in [0.1, 0.15) is 16.5 Å². The largest absolute Gasteiger partial charge is 0.496 e. The minimum atomic E-state index is -3.81. The Bertz CT molecular complexity index is 778. The van der Waals surface area contributed by atoms with Crippen LogP contribution in [0.15, 0.2) is 39.8 Å². The quantitative estimate of drug-likeness (QED) is 0.860. The molecule has 0 atom stereocenters. The molecule has 0 bridgehead atoms. The van der Waals surface area contributed by atoms with E-state index in [2.05, 4.69) is 25.6 Å². The normalized spacial score (nSPS) is 11.2. The van der Waals surface area contributed by atoms with Crippen molar-refractivity contribution in [1.29, 1.82) is 0 Å². The van der Waals surface area contributed by atoms with Gasteiger partial charge in [-0.2, -0.15) is 0 Å². The topological polar surface area (TPSA) is 94.3 Å². The second kappa shape index (κ2) is 5.90. The van der Waals surface area contributed by atoms with E-state index in [1.165, 1.54) is 12.3 Å². The first kappa shape index (κ1) is 15.6. The molecule has 0 aliphatic rings. The smallest absolute Gasteiger partial charge is 0.265 e. The Hall–Kier alpha value is -1.80. The zero-order valence-corrected chi connectivity index (χ0v) is 13.8. The van der Waals surface area contributed by atoms with Gasteiger partial charge < -0.3 is 10.5 Å². The van der Waals surface area contributed by atoms with Crippen molar-refractivity contribution in [2.24, 2.45) is 0 Å². The number of ether oxygens (including phenoxy) is 1. The lowest BCUT2D eigenvalue weighted by molar-refractivity contribution is 0.412. The number of nitrogens with two attached hydrogens (primary N) is 1. The summed E-state index contributed by atoms with van der Waals surface area (Å²) in [5.41, 5.74) is 6.88. The van der Waals surface area contributed by atoms with E-state index in [0.717, 1.165) is 5.56 Å². The molecule has 112 valence electrons. The molecule has 0 radical (unpaired) electrons. The van der Waals surface area contributed by atoms with Crippen LogP contribution in [-0.2, 0) is 10.0 Å². The predicted octanol–water partition coefficient (Wildman–Crippen LogP) is 2.54. The van der Waals surface area contributed by atoms with Gasteiger partial charge in [-0.05, 0) is 52.7 Å². The van der Waals surface area contributed by atoms with Crippen LogP contribution in [0.5, 0.6) is 5.75 Å². The Kier molecular flexibility index (Phi) is 4.38. The molecule has 2 rings (SSSR count). The van der Waals surface area contributed by atoms with Gasteiger partial charge in [-0.3, -0.25) is 4.72 Å². The number of aryl methyl sites for hydroxylation is 1. The summed E-state index contributed by atoms with van der Waals surface area (Å²) >= 11 is 3.18. The van der Waals surface area contributed by atoms with Gasteiger partial charge in [0.2, 0.25) is 0 Å². The minimum Gasteiger partial charge on any atom is -0.496 e. The van der Waals surface area contributed by atoms with Crippen LogP contribution >= 0.6 is 15.9 Å². The molecule has 1 aromatic carbocycles. The third kappa shape index (κ3) is 3.45. The Labute approximate surface area is 131 Å². The van der Waals surface area contributed by atoms with Crippen molar-refractivity contribution in [2.75, 3.05) is 17.6 Å². The number of anilines is 2. The molecule has 0 fully saturated rings. The highest BCUT2D eigenvalue weighted by Gasteiger charge is 2.19. The summed E-state index contributed by atoms with van der Waals surface area (Å²) in [6.07, 6.45) is 1.44. The number of halogens is 1. The van der Waals surface area contributed by atoms with Crippen molar-refractivity contribution < 1.29 is 13.2 Å². The van der Waals surface area contributed by atoms with E-state index in [1.54, 1.807) is 25.3 Å². The van der Waals surface area contributed by atoms with Gasteiger partial charge in [-0.1, -0.05) is 0 Å². The maximum absolute atomic E-state index is 12.4. The molecule has 0 saturated carbocycles. The van der Waals surface area contributed by atoms with Crippen molar-refractivity contribution in [3.05, 3.63) is 40.5 Å². The van der Waals surface area contributed by atoms with Crippen molar-refractivity contribution in [1.82, 2.24) is 4.98 Å². The van der Waals surface area contributed by atoms with Crippen LogP contribution < -0.4 is 15.2 Å². The van der Waals surface area contributed by atoms with E-state index in [-0.39, 0.29) is 10.7 Å². The molecule has 0 amide bonds. The second-order valence-electron chi connectivity index (χ2n) is 4.33. The molecule has 21 heavy (non-hydrogen) atoms. The van der Waals surface area contributed by atoms with Crippen LogP contribution in [0.1, 0.15) is 5.56 Å². The number of methoxy groups -OCH3 is 1. The predicted molar refractivity (Wildman–Crippen MR) is 84.9 cm³/mol. The molecule has 0 saturated heterocycles. The van der Waals surface area contributed by atoms with Crippen LogP contribution in [0.4, 0.5) is 11.5 Å². The number of pyridine rings is 1. The lowest BCUT2D eigenvalue weighted by atomic mass is 10.2. The summed E-state index contributed by atoms with van der Waals surface area (Å²) in [6, 6.07) is 6.39. The summed E-state index contributed by atoms with van der Waals surface area (Å²) in [6.45, 7) is 1.83. The fourth-order valence-electron chi connectivity index (χ4n) is 1.80. The van der Waals surface area contributed by atoms with E-state index in [4.69, 9.17) is 10.5 Å². The van der Waals surface area contributed by atoms with Gasteiger partial charge in [0.25, 0.3) is 10.0 Å². The van der Waals surface area contributed by atoms with E-state index in [9.17, 15) is 8.42 Å². The number of benzene rings is 1. The third-order valence-electron chi connectivity index (χ3n) is 2.78. The van der Waals surface area contributed by atoms with Crippen molar-refractivity contribution in [2.45, 2.75) is 11.8 Å². The molecular weight excluding hydrogens is 358 g/mol. The standard InChI is InChI=1S/C13H14BrN3O3S/c1-8-5-10(3-4-11(8)20-2)17-21(18,19)12-6-9(14)7-16-13(12)15/h3-7,17H,1-2H3,(H2,15,16). The summed E-state index contributed by atoms with van der Waals surface area (Å²) in [7, 11) is -2.26. The van der Waals surface area contributed by atoms with E-state index < -0.39 is 10.0 Å². The van der Waals surface area contributed by atoms with Gasteiger partial charge >= 0.3 is 0 Å². The first-order chi connectivity index (χ1) is 9.83. The van der Waals surface area contributed by atoms with Crippen LogP contribution in [0.3, 0.4) is 0 Å². The van der Waals surface area contributed by atoms with E-state index >= 15 is 0 Å². The number of rotatable bonds is 4. The molecule has 0 aliphatic carbocycles. The monoisotopic (exact) mass is 371 g/mol. The molecule has 8 heteroatoms. The van der Waals surface area contributed by atoms with E-state index in [1.807, 2.05) is 6.92 Å². The van der Waals surface area contributed by atoms with Crippen molar-refractivity contribution in [3.8, 4) is 5.75 Å². The van der Waals surface area contributed by atoms with Gasteiger partial charge in [0.15, 0.2) is 0 Å². The number of aromatic nitrogens is 1. The highest BCUT2D eigenvalue weighted by Crippen LogP contribution is 2.26. The maximum Gasteiger partial charge on any atom is 0.265 e. The maximum atomic E-state index is 12.4. The lowest BCUT2D eigenvalue weighted by Gasteiger charge is -2.11. The van der Waals surface area contributed by atoms with Crippen LogP contribution in [0.2, 0.25) is 0 Å². The van der Waals surface area contributed by atoms with Crippen LogP contribution in [0, 0.1) is 6.92 Å². The van der Waals surface area contributed by atoms with Gasteiger partial charge in [0.05, 0.1) is 7.11 Å². The second-order valence-corrected chi connectivity index (χ2v) is 6.89. The Morgan fingerprint density at radius 1 is 1.33 bits per heavy atom. The number of sulfonamides is 1. The highest BCUT2D eigenvalue weighted by molar-refractivity contribution is 9.10. The fraction of sp³-hybridized carbons (Fsp3) is 0.154. The molecule has 1 aromatic heterocycles. The number of hydrogen-bond donors (Lipinski definition) is 2. The number of nitrogens with one attached hydrogen (secondary N) is 1. The SMILES string of the molecule is COc1ccc(NS(=O)(=O)c2cc(Br)cnc2N)cc1C. The molecule has 2 aromatic rings. The molecule has 1 heterocycles. The average Bonchev–Trinajstić information content (AvgIpc) is 2.41. The van der Waals surface area contributed by atoms with E-state index in [0.29, 0.717) is 15.9 Å². The molecule has 3 N–H and O–H groups in total. The zero-order valence-electron chi connectivity index (χ0n) is 11.4. The summed E-state index contributed by atoms with van der Waals surface area (Å²) in [5.74, 6) is 0.623. The summed E-state index contributed by atoms with van der Waals surface area (Å²) in [5, 5.41) is 0. The molecular formula is C13H14BrN3O3S. The Balaban J connectivity index is 2.37. The molecule has 0 spiro atoms. The third-order valence-corrected chi connectivity index (χ3v) is 4.63. The number of nitrogens with zero attached hydrogens (tertiary/aromatic N) is 1. The molecule has 6 nitrogen and oxygen atoms in total.